The number of carbonyl (C=O) groups is 2. The highest BCUT2D eigenvalue weighted by atomic mass is 16.5. The van der Waals surface area contributed by atoms with Crippen LogP contribution in [-0.4, -0.2) is 56.4 Å². The average molecular weight is 364 g/mol. The number of ether oxygens (including phenoxy) is 3. The van der Waals surface area contributed by atoms with Gasteiger partial charge in [0, 0.05) is 19.1 Å². The largest absolute Gasteiger partial charge is 0.493 e. The Balaban J connectivity index is 1.70. The van der Waals surface area contributed by atoms with Crippen molar-refractivity contribution in [3.05, 3.63) is 24.3 Å². The van der Waals surface area contributed by atoms with Crippen molar-refractivity contribution in [3.8, 4) is 11.5 Å². The van der Waals surface area contributed by atoms with Crippen LogP contribution in [0.3, 0.4) is 0 Å². The molecule has 1 saturated heterocycles. The molecule has 1 heterocycles. The van der Waals surface area contributed by atoms with Crippen LogP contribution in [0.25, 0.3) is 0 Å². The third-order valence-corrected chi connectivity index (χ3v) is 4.32. The van der Waals surface area contributed by atoms with Gasteiger partial charge in [-0.2, -0.15) is 0 Å². The zero-order chi connectivity index (χ0) is 18.8. The molecular formula is C19H28N2O5. The molecule has 1 fully saturated rings. The number of unbranched alkanes of at least 4 members (excludes halogenated alkanes) is 1. The summed E-state index contributed by atoms with van der Waals surface area (Å²) in [5.74, 6) is 1.08. The fourth-order valence-electron chi connectivity index (χ4n) is 2.76. The molecule has 7 heteroatoms. The van der Waals surface area contributed by atoms with E-state index in [0.29, 0.717) is 44.0 Å². The first-order valence-electron chi connectivity index (χ1n) is 9.11. The first kappa shape index (κ1) is 19.9. The van der Waals surface area contributed by atoms with Crippen molar-refractivity contribution >= 4 is 12.0 Å². The van der Waals surface area contributed by atoms with Crippen molar-refractivity contribution in [3.63, 3.8) is 0 Å². The Morgan fingerprint density at radius 2 is 1.88 bits per heavy atom. The van der Waals surface area contributed by atoms with Crippen LogP contribution in [0.2, 0.25) is 0 Å². The maximum atomic E-state index is 12.3. The topological polar surface area (TPSA) is 77.1 Å². The van der Waals surface area contributed by atoms with Gasteiger partial charge in [0.2, 0.25) is 0 Å². The van der Waals surface area contributed by atoms with Gasteiger partial charge in [-0.1, -0.05) is 25.5 Å². The van der Waals surface area contributed by atoms with Gasteiger partial charge in [0.25, 0.3) is 5.91 Å². The maximum absolute atomic E-state index is 12.3. The Hall–Kier alpha value is -2.44. The molecule has 0 aromatic heterocycles. The Kier molecular flexibility index (Phi) is 8.05. The number of methoxy groups -OCH3 is 1. The van der Waals surface area contributed by atoms with Crippen LogP contribution < -0.4 is 14.8 Å². The summed E-state index contributed by atoms with van der Waals surface area (Å²) in [5, 5.41) is 2.86. The third kappa shape index (κ3) is 6.13. The van der Waals surface area contributed by atoms with Gasteiger partial charge in [-0.25, -0.2) is 4.79 Å². The van der Waals surface area contributed by atoms with E-state index < -0.39 is 0 Å². The lowest BCUT2D eigenvalue weighted by Crippen LogP contribution is -2.47. The second-order valence-corrected chi connectivity index (χ2v) is 6.23. The second-order valence-electron chi connectivity index (χ2n) is 6.23. The molecule has 1 aliphatic rings. The normalized spacial score (nSPS) is 14.6. The summed E-state index contributed by atoms with van der Waals surface area (Å²) in [6, 6.07) is 7.28. The number of para-hydroxylation sites is 2. The molecule has 0 unspecified atom stereocenters. The van der Waals surface area contributed by atoms with Crippen LogP contribution in [0, 0.1) is 0 Å². The van der Waals surface area contributed by atoms with E-state index in [2.05, 4.69) is 5.32 Å². The first-order valence-corrected chi connectivity index (χ1v) is 9.11. The minimum atomic E-state index is -0.372. The van der Waals surface area contributed by atoms with Crippen molar-refractivity contribution in [1.82, 2.24) is 10.2 Å². The van der Waals surface area contributed by atoms with E-state index in [9.17, 15) is 9.59 Å². The Labute approximate surface area is 154 Å². The van der Waals surface area contributed by atoms with Crippen LogP contribution in [0.15, 0.2) is 24.3 Å². The van der Waals surface area contributed by atoms with Gasteiger partial charge in [0.15, 0.2) is 18.1 Å². The van der Waals surface area contributed by atoms with E-state index in [1.54, 1.807) is 24.1 Å². The van der Waals surface area contributed by atoms with Crippen LogP contribution in [0.5, 0.6) is 11.5 Å². The number of alkyl carbamates (subject to hydrolysis) is 1. The number of hydrogen-bond acceptors (Lipinski definition) is 5. The molecule has 0 saturated carbocycles. The molecule has 144 valence electrons. The Bertz CT molecular complexity index is 585. The van der Waals surface area contributed by atoms with Gasteiger partial charge in [-0.3, -0.25) is 4.79 Å². The van der Waals surface area contributed by atoms with Crippen LogP contribution >= 0.6 is 0 Å². The SMILES string of the molecule is CCCCOC(=O)NC1CCN(C(=O)COc2ccccc2OC)CC1. The van der Waals surface area contributed by atoms with Crippen molar-refractivity contribution in [2.45, 2.75) is 38.6 Å². The average Bonchev–Trinajstić information content (AvgIpc) is 2.67. The van der Waals surface area contributed by atoms with Crippen molar-refractivity contribution < 1.29 is 23.8 Å². The molecule has 7 nitrogen and oxygen atoms in total. The van der Waals surface area contributed by atoms with Gasteiger partial charge in [0.1, 0.15) is 0 Å². The number of amides is 2. The highest BCUT2D eigenvalue weighted by Crippen LogP contribution is 2.25. The number of benzene rings is 1. The minimum absolute atomic E-state index is 0.0302. The summed E-state index contributed by atoms with van der Waals surface area (Å²) in [6.07, 6.45) is 2.91. The predicted octanol–water partition coefficient (Wildman–Crippen LogP) is 2.59. The summed E-state index contributed by atoms with van der Waals surface area (Å²) in [7, 11) is 1.56. The van der Waals surface area contributed by atoms with Crippen molar-refractivity contribution in [2.75, 3.05) is 33.4 Å². The highest BCUT2D eigenvalue weighted by Gasteiger charge is 2.24. The van der Waals surface area contributed by atoms with Crippen LogP contribution in [0.4, 0.5) is 4.79 Å². The molecule has 1 aromatic carbocycles. The number of carbonyl (C=O) groups excluding carboxylic acids is 2. The lowest BCUT2D eigenvalue weighted by Gasteiger charge is -2.32. The number of piperidine rings is 1. The molecule has 0 spiro atoms. The monoisotopic (exact) mass is 364 g/mol. The van der Waals surface area contributed by atoms with Crippen molar-refractivity contribution in [1.29, 1.82) is 0 Å². The number of nitrogens with one attached hydrogen (secondary N) is 1. The van der Waals surface area contributed by atoms with Crippen LogP contribution in [-0.2, 0) is 9.53 Å². The van der Waals surface area contributed by atoms with E-state index in [0.717, 1.165) is 12.8 Å². The fraction of sp³-hybridized carbons (Fsp3) is 0.579. The summed E-state index contributed by atoms with van der Waals surface area (Å²) in [5.41, 5.74) is 0. The van der Waals surface area contributed by atoms with E-state index in [1.165, 1.54) is 0 Å². The summed E-state index contributed by atoms with van der Waals surface area (Å²) in [4.78, 5) is 25.8. The van der Waals surface area contributed by atoms with Gasteiger partial charge in [-0.05, 0) is 31.4 Å². The molecule has 1 N–H and O–H groups in total. The molecular weight excluding hydrogens is 336 g/mol. The third-order valence-electron chi connectivity index (χ3n) is 4.32. The standard InChI is InChI=1S/C19H28N2O5/c1-3-4-13-25-19(23)20-15-9-11-21(12-10-15)18(22)14-26-17-8-6-5-7-16(17)24-2/h5-8,15H,3-4,9-14H2,1-2H3,(H,20,23). The number of rotatable bonds is 8. The van der Waals surface area contributed by atoms with E-state index >= 15 is 0 Å². The highest BCUT2D eigenvalue weighted by molar-refractivity contribution is 5.78. The van der Waals surface area contributed by atoms with E-state index in [1.807, 2.05) is 19.1 Å². The molecule has 0 radical (unpaired) electrons. The Morgan fingerprint density at radius 3 is 2.54 bits per heavy atom. The van der Waals surface area contributed by atoms with E-state index in [4.69, 9.17) is 14.2 Å². The molecule has 0 aliphatic carbocycles. The fourth-order valence-corrected chi connectivity index (χ4v) is 2.76. The number of likely N-dealkylation sites (tertiary alicyclic amines) is 1. The first-order chi connectivity index (χ1) is 12.6. The van der Waals surface area contributed by atoms with Gasteiger partial charge < -0.3 is 24.4 Å². The number of hydrogen-bond donors (Lipinski definition) is 1. The zero-order valence-electron chi connectivity index (χ0n) is 15.5. The molecule has 2 amide bonds. The smallest absolute Gasteiger partial charge is 0.407 e. The van der Waals surface area contributed by atoms with Gasteiger partial charge >= 0.3 is 6.09 Å². The summed E-state index contributed by atoms with van der Waals surface area (Å²) in [6.45, 7) is 3.64. The molecule has 1 aromatic rings. The summed E-state index contributed by atoms with van der Waals surface area (Å²) >= 11 is 0. The van der Waals surface area contributed by atoms with Crippen LogP contribution in [0.1, 0.15) is 32.6 Å². The second kappa shape index (κ2) is 10.5. The lowest BCUT2D eigenvalue weighted by atomic mass is 10.1. The van der Waals surface area contributed by atoms with Crippen molar-refractivity contribution in [2.24, 2.45) is 0 Å². The molecule has 1 aliphatic heterocycles. The van der Waals surface area contributed by atoms with Gasteiger partial charge in [-0.15, -0.1) is 0 Å². The molecule has 0 bridgehead atoms. The minimum Gasteiger partial charge on any atom is -0.493 e. The zero-order valence-corrected chi connectivity index (χ0v) is 15.5. The Morgan fingerprint density at radius 1 is 1.19 bits per heavy atom. The van der Waals surface area contributed by atoms with Gasteiger partial charge in [0.05, 0.1) is 13.7 Å². The maximum Gasteiger partial charge on any atom is 0.407 e. The molecule has 2 rings (SSSR count). The quantitative estimate of drug-likeness (QED) is 0.718. The lowest BCUT2D eigenvalue weighted by molar-refractivity contribution is -0.134. The number of nitrogens with zero attached hydrogens (tertiary/aromatic N) is 1. The summed E-state index contributed by atoms with van der Waals surface area (Å²) < 4.78 is 15.9. The predicted molar refractivity (Wildman–Crippen MR) is 97.5 cm³/mol. The van der Waals surface area contributed by atoms with E-state index in [-0.39, 0.29) is 24.6 Å². The molecule has 0 atom stereocenters. The molecule has 26 heavy (non-hydrogen) atoms.